The molecular formula is C24H20ClN3O4. The van der Waals surface area contributed by atoms with Crippen molar-refractivity contribution in [2.24, 2.45) is 0 Å². The predicted molar refractivity (Wildman–Crippen MR) is 121 cm³/mol. The molecule has 32 heavy (non-hydrogen) atoms. The maximum atomic E-state index is 13.0. The lowest BCUT2D eigenvalue weighted by atomic mass is 9.92. The van der Waals surface area contributed by atoms with Gasteiger partial charge in [0.05, 0.1) is 5.69 Å². The van der Waals surface area contributed by atoms with Crippen molar-refractivity contribution in [3.8, 4) is 11.5 Å². The number of imide groups is 1. The number of halogens is 1. The van der Waals surface area contributed by atoms with Crippen LogP contribution in [0, 0.1) is 0 Å². The van der Waals surface area contributed by atoms with Crippen molar-refractivity contribution in [3.63, 3.8) is 0 Å². The van der Waals surface area contributed by atoms with Crippen molar-refractivity contribution >= 4 is 35.1 Å². The van der Waals surface area contributed by atoms with E-state index in [2.05, 4.69) is 10.6 Å². The van der Waals surface area contributed by atoms with E-state index >= 15 is 0 Å². The van der Waals surface area contributed by atoms with E-state index in [1.807, 2.05) is 24.3 Å². The molecule has 3 aromatic rings. The zero-order valence-corrected chi connectivity index (χ0v) is 17.9. The van der Waals surface area contributed by atoms with Crippen LogP contribution in [0.15, 0.2) is 78.9 Å². The summed E-state index contributed by atoms with van der Waals surface area (Å²) >= 11 is 6.09. The van der Waals surface area contributed by atoms with Crippen LogP contribution in [0.2, 0.25) is 5.02 Å². The van der Waals surface area contributed by atoms with Crippen LogP contribution in [-0.2, 0) is 15.1 Å². The molecule has 8 heteroatoms. The number of urea groups is 1. The van der Waals surface area contributed by atoms with Crippen LogP contribution in [-0.4, -0.2) is 29.3 Å². The Bertz CT molecular complexity index is 1170. The Hall–Kier alpha value is -3.84. The number of para-hydroxylation sites is 1. The summed E-state index contributed by atoms with van der Waals surface area (Å²) in [7, 11) is 0. The molecule has 7 nitrogen and oxygen atoms in total. The number of carbonyl (C=O) groups excluding carboxylic acids is 3. The molecule has 1 aliphatic rings. The molecule has 2 N–H and O–H groups in total. The highest BCUT2D eigenvalue weighted by atomic mass is 35.5. The molecule has 0 unspecified atom stereocenters. The quantitative estimate of drug-likeness (QED) is 0.541. The largest absolute Gasteiger partial charge is 0.455 e. The van der Waals surface area contributed by atoms with Crippen molar-refractivity contribution in [3.05, 3.63) is 89.4 Å². The van der Waals surface area contributed by atoms with E-state index in [1.165, 1.54) is 6.07 Å². The minimum atomic E-state index is -1.24. The van der Waals surface area contributed by atoms with Gasteiger partial charge in [0, 0.05) is 5.02 Å². The fraction of sp³-hybridized carbons (Fsp3) is 0.125. The molecule has 0 aromatic heterocycles. The van der Waals surface area contributed by atoms with E-state index < -0.39 is 29.9 Å². The Balaban J connectivity index is 1.50. The summed E-state index contributed by atoms with van der Waals surface area (Å²) in [6, 6.07) is 22.1. The Kier molecular flexibility index (Phi) is 5.83. The third-order valence-corrected chi connectivity index (χ3v) is 5.35. The van der Waals surface area contributed by atoms with Crippen molar-refractivity contribution < 1.29 is 19.1 Å². The second-order valence-electron chi connectivity index (χ2n) is 7.42. The smallest absolute Gasteiger partial charge is 0.325 e. The van der Waals surface area contributed by atoms with Gasteiger partial charge in [0.25, 0.3) is 5.91 Å². The topological polar surface area (TPSA) is 87.7 Å². The van der Waals surface area contributed by atoms with E-state index in [-0.39, 0.29) is 0 Å². The molecule has 3 aromatic carbocycles. The lowest BCUT2D eigenvalue weighted by molar-refractivity contribution is -0.133. The third kappa shape index (κ3) is 4.29. The predicted octanol–water partition coefficient (Wildman–Crippen LogP) is 4.54. The zero-order valence-electron chi connectivity index (χ0n) is 17.2. The number of nitrogens with zero attached hydrogens (tertiary/aromatic N) is 1. The highest BCUT2D eigenvalue weighted by Crippen LogP contribution is 2.32. The Labute approximate surface area is 189 Å². The fourth-order valence-electron chi connectivity index (χ4n) is 3.45. The van der Waals surface area contributed by atoms with Gasteiger partial charge in [-0.25, -0.2) is 4.79 Å². The molecule has 0 bridgehead atoms. The summed E-state index contributed by atoms with van der Waals surface area (Å²) < 4.78 is 5.84. The molecule has 1 aliphatic heterocycles. The first-order valence-electron chi connectivity index (χ1n) is 9.89. The van der Waals surface area contributed by atoms with Gasteiger partial charge in [-0.05, 0) is 42.8 Å². The highest BCUT2D eigenvalue weighted by molar-refractivity contribution is 6.31. The van der Waals surface area contributed by atoms with Gasteiger partial charge in [-0.15, -0.1) is 0 Å². The van der Waals surface area contributed by atoms with Gasteiger partial charge < -0.3 is 15.4 Å². The lowest BCUT2D eigenvalue weighted by Crippen LogP contribution is -2.42. The molecule has 0 spiro atoms. The van der Waals surface area contributed by atoms with Crippen molar-refractivity contribution in [1.82, 2.24) is 10.2 Å². The van der Waals surface area contributed by atoms with Gasteiger partial charge in [-0.1, -0.05) is 60.1 Å². The second kappa shape index (κ2) is 8.72. The maximum absolute atomic E-state index is 13.0. The van der Waals surface area contributed by atoms with E-state index in [4.69, 9.17) is 16.3 Å². The average Bonchev–Trinajstić information content (AvgIpc) is 3.01. The maximum Gasteiger partial charge on any atom is 0.325 e. The van der Waals surface area contributed by atoms with Crippen LogP contribution in [0.25, 0.3) is 0 Å². The van der Waals surface area contributed by atoms with Gasteiger partial charge in [0.2, 0.25) is 5.91 Å². The summed E-state index contributed by atoms with van der Waals surface area (Å²) in [4.78, 5) is 39.1. The van der Waals surface area contributed by atoms with Gasteiger partial charge in [0.1, 0.15) is 17.8 Å². The molecule has 4 rings (SSSR count). The van der Waals surface area contributed by atoms with Gasteiger partial charge >= 0.3 is 6.03 Å². The van der Waals surface area contributed by atoms with Crippen LogP contribution in [0.3, 0.4) is 0 Å². The minimum absolute atomic E-state index is 0.323. The fourth-order valence-corrected chi connectivity index (χ4v) is 3.62. The lowest BCUT2D eigenvalue weighted by Gasteiger charge is -2.22. The number of benzene rings is 3. The van der Waals surface area contributed by atoms with Crippen LogP contribution in [0.5, 0.6) is 11.5 Å². The van der Waals surface area contributed by atoms with Crippen LogP contribution in [0.4, 0.5) is 10.5 Å². The number of carbonyl (C=O) groups is 3. The molecule has 1 atom stereocenters. The number of anilines is 1. The molecule has 4 amide bonds. The van der Waals surface area contributed by atoms with Gasteiger partial charge in [-0.2, -0.15) is 0 Å². The second-order valence-corrected chi connectivity index (χ2v) is 7.85. The van der Waals surface area contributed by atoms with Crippen molar-refractivity contribution in [2.75, 3.05) is 11.9 Å². The Morgan fingerprint density at radius 2 is 1.69 bits per heavy atom. The first-order chi connectivity index (χ1) is 15.4. The summed E-state index contributed by atoms with van der Waals surface area (Å²) in [5, 5.41) is 5.76. The third-order valence-electron chi connectivity index (χ3n) is 5.11. The SMILES string of the molecule is C[C@]1(c2ccccc2)NC(=O)N(CC(=O)Nc2cc(Cl)ccc2Oc2ccccc2)C1=O. The molecule has 1 heterocycles. The van der Waals surface area contributed by atoms with Crippen molar-refractivity contribution in [1.29, 1.82) is 0 Å². The molecule has 162 valence electrons. The van der Waals surface area contributed by atoms with E-state index in [1.54, 1.807) is 55.5 Å². The number of rotatable bonds is 6. The number of ether oxygens (including phenoxy) is 1. The van der Waals surface area contributed by atoms with E-state index in [0.29, 0.717) is 27.8 Å². The van der Waals surface area contributed by atoms with E-state index in [9.17, 15) is 14.4 Å². The molecule has 1 fully saturated rings. The monoisotopic (exact) mass is 449 g/mol. The first-order valence-corrected chi connectivity index (χ1v) is 10.3. The van der Waals surface area contributed by atoms with Crippen LogP contribution in [0.1, 0.15) is 12.5 Å². The highest BCUT2D eigenvalue weighted by Gasteiger charge is 2.49. The zero-order chi connectivity index (χ0) is 22.7. The molecule has 1 saturated heterocycles. The van der Waals surface area contributed by atoms with Crippen LogP contribution < -0.4 is 15.4 Å². The molecule has 0 radical (unpaired) electrons. The number of hydrogen-bond donors (Lipinski definition) is 2. The van der Waals surface area contributed by atoms with Crippen molar-refractivity contribution in [2.45, 2.75) is 12.5 Å². The molecular weight excluding hydrogens is 430 g/mol. The number of amides is 4. The van der Waals surface area contributed by atoms with Gasteiger partial charge in [0.15, 0.2) is 5.75 Å². The Morgan fingerprint density at radius 1 is 1.03 bits per heavy atom. The first kappa shape index (κ1) is 21.4. The number of hydrogen-bond acceptors (Lipinski definition) is 4. The summed E-state index contributed by atoms with van der Waals surface area (Å²) in [6.07, 6.45) is 0. The summed E-state index contributed by atoms with van der Waals surface area (Å²) in [5.74, 6) is -0.111. The van der Waals surface area contributed by atoms with E-state index in [0.717, 1.165) is 4.90 Å². The molecule has 0 saturated carbocycles. The standard InChI is InChI=1S/C24H20ClN3O4/c1-24(16-8-4-2-5-9-16)22(30)28(23(31)27-24)15-21(29)26-19-14-17(25)12-13-20(19)32-18-10-6-3-7-11-18/h2-14H,15H2,1H3,(H,26,29)(H,27,31)/t24-/m1/s1. The number of nitrogens with one attached hydrogen (secondary N) is 2. The Morgan fingerprint density at radius 3 is 2.38 bits per heavy atom. The molecule has 0 aliphatic carbocycles. The van der Waals surface area contributed by atoms with Gasteiger partial charge in [-0.3, -0.25) is 14.5 Å². The van der Waals surface area contributed by atoms with Crippen LogP contribution >= 0.6 is 11.6 Å². The summed E-state index contributed by atoms with van der Waals surface area (Å²) in [5.41, 5.74) is -0.283. The summed E-state index contributed by atoms with van der Waals surface area (Å²) in [6.45, 7) is 1.16. The minimum Gasteiger partial charge on any atom is -0.455 e. The normalized spacial score (nSPS) is 17.8. The average molecular weight is 450 g/mol.